The van der Waals surface area contributed by atoms with Gasteiger partial charge in [0.2, 0.25) is 5.78 Å². The third-order valence-corrected chi connectivity index (χ3v) is 3.07. The highest BCUT2D eigenvalue weighted by atomic mass is 35.5. The molecule has 0 saturated carbocycles. The summed E-state index contributed by atoms with van der Waals surface area (Å²) in [5, 5.41) is 10.00. The Hall–Kier alpha value is -2.26. The van der Waals surface area contributed by atoms with Gasteiger partial charge in [0.25, 0.3) is 0 Å². The monoisotopic (exact) mass is 272 g/mol. The lowest BCUT2D eigenvalue weighted by atomic mass is 10.1. The maximum atomic E-state index is 12.1. The average Bonchev–Trinajstić information content (AvgIpc) is 2.68. The second kappa shape index (κ2) is 4.44. The minimum absolute atomic E-state index is 0.0688. The van der Waals surface area contributed by atoms with Gasteiger partial charge in [0.05, 0.1) is 5.56 Å². The molecule has 0 bridgehead atoms. The number of carbonyl (C=O) groups is 1. The first-order valence-electron chi connectivity index (χ1n) is 5.66. The van der Waals surface area contributed by atoms with Gasteiger partial charge in [-0.3, -0.25) is 4.79 Å². The molecule has 0 atom stereocenters. The van der Waals surface area contributed by atoms with Gasteiger partial charge in [-0.1, -0.05) is 23.7 Å². The molecular formula is C15H9ClO3. The number of aromatic hydroxyl groups is 1. The standard InChI is InChI=1S/C15H9ClO3/c16-10-3-1-9(2-4-10)7-14-15(18)12-6-5-11(17)8-13(12)19-14/h1-8,17H/b14-7-. The fourth-order valence-corrected chi connectivity index (χ4v) is 2.01. The predicted octanol–water partition coefficient (Wildman–Crippen LogP) is 3.66. The van der Waals surface area contributed by atoms with Crippen LogP contribution >= 0.6 is 11.6 Å². The number of hydrogen-bond donors (Lipinski definition) is 1. The summed E-state index contributed by atoms with van der Waals surface area (Å²) in [6.45, 7) is 0. The molecule has 1 N–H and O–H groups in total. The highest BCUT2D eigenvalue weighted by Crippen LogP contribution is 2.34. The molecule has 0 unspecified atom stereocenters. The fraction of sp³-hybridized carbons (Fsp3) is 0. The van der Waals surface area contributed by atoms with Gasteiger partial charge in [0, 0.05) is 11.1 Å². The van der Waals surface area contributed by atoms with Crippen LogP contribution in [0.15, 0.2) is 48.2 Å². The zero-order valence-corrected chi connectivity index (χ0v) is 10.5. The Labute approximate surface area is 114 Å². The Morgan fingerprint density at radius 2 is 1.84 bits per heavy atom. The van der Waals surface area contributed by atoms with E-state index in [1.54, 1.807) is 36.4 Å². The number of hydrogen-bond acceptors (Lipinski definition) is 3. The molecule has 0 saturated heterocycles. The van der Waals surface area contributed by atoms with Crippen LogP contribution < -0.4 is 4.74 Å². The van der Waals surface area contributed by atoms with Crippen LogP contribution in [0.25, 0.3) is 6.08 Å². The van der Waals surface area contributed by atoms with Gasteiger partial charge in [-0.2, -0.15) is 0 Å². The first-order chi connectivity index (χ1) is 9.13. The average molecular weight is 273 g/mol. The Balaban J connectivity index is 1.97. The first-order valence-corrected chi connectivity index (χ1v) is 6.04. The lowest BCUT2D eigenvalue weighted by molar-refractivity contribution is 0.101. The third-order valence-electron chi connectivity index (χ3n) is 2.82. The summed E-state index contributed by atoms with van der Waals surface area (Å²) in [5.74, 6) is 0.498. The Morgan fingerprint density at radius 3 is 2.58 bits per heavy atom. The highest BCUT2D eigenvalue weighted by Gasteiger charge is 2.27. The molecule has 0 amide bonds. The predicted molar refractivity (Wildman–Crippen MR) is 72.5 cm³/mol. The molecular weight excluding hydrogens is 264 g/mol. The second-order valence-corrected chi connectivity index (χ2v) is 4.61. The van der Waals surface area contributed by atoms with E-state index >= 15 is 0 Å². The Kier molecular flexibility index (Phi) is 2.76. The van der Waals surface area contributed by atoms with Crippen LogP contribution in [-0.4, -0.2) is 10.9 Å². The van der Waals surface area contributed by atoms with Crippen molar-refractivity contribution in [1.82, 2.24) is 0 Å². The summed E-state index contributed by atoms with van der Waals surface area (Å²) < 4.78 is 5.45. The van der Waals surface area contributed by atoms with Crippen molar-refractivity contribution in [2.75, 3.05) is 0 Å². The van der Waals surface area contributed by atoms with E-state index in [0.29, 0.717) is 16.3 Å². The Morgan fingerprint density at radius 1 is 1.11 bits per heavy atom. The van der Waals surface area contributed by atoms with E-state index in [1.807, 2.05) is 0 Å². The number of ketones is 1. The fourth-order valence-electron chi connectivity index (χ4n) is 1.89. The van der Waals surface area contributed by atoms with Crippen molar-refractivity contribution >= 4 is 23.5 Å². The summed E-state index contributed by atoms with van der Waals surface area (Å²) in [6.07, 6.45) is 1.65. The second-order valence-electron chi connectivity index (χ2n) is 4.17. The molecule has 2 aromatic rings. The number of allylic oxidation sites excluding steroid dienone is 1. The molecule has 1 heterocycles. The number of phenols is 1. The number of carbonyl (C=O) groups excluding carboxylic acids is 1. The van der Waals surface area contributed by atoms with Gasteiger partial charge >= 0.3 is 0 Å². The van der Waals surface area contributed by atoms with Crippen molar-refractivity contribution in [2.24, 2.45) is 0 Å². The van der Waals surface area contributed by atoms with Crippen molar-refractivity contribution < 1.29 is 14.6 Å². The zero-order valence-electron chi connectivity index (χ0n) is 9.76. The highest BCUT2D eigenvalue weighted by molar-refractivity contribution is 6.30. The number of Topliss-reactive ketones (excluding diaryl/α,β-unsaturated/α-hetero) is 1. The van der Waals surface area contributed by atoms with Crippen molar-refractivity contribution in [1.29, 1.82) is 0 Å². The van der Waals surface area contributed by atoms with Crippen LogP contribution in [0.3, 0.4) is 0 Å². The van der Waals surface area contributed by atoms with Gasteiger partial charge in [-0.15, -0.1) is 0 Å². The van der Waals surface area contributed by atoms with Crippen LogP contribution in [0, 0.1) is 0 Å². The van der Waals surface area contributed by atoms with Gasteiger partial charge in [-0.25, -0.2) is 0 Å². The van der Waals surface area contributed by atoms with Crippen molar-refractivity contribution in [3.05, 3.63) is 64.4 Å². The maximum absolute atomic E-state index is 12.1. The SMILES string of the molecule is O=C1/C(=C/c2ccc(Cl)cc2)Oc2cc(O)ccc21. The largest absolute Gasteiger partial charge is 0.508 e. The molecule has 1 aliphatic heterocycles. The molecule has 0 aliphatic carbocycles. The first kappa shape index (κ1) is 11.8. The number of rotatable bonds is 1. The van der Waals surface area contributed by atoms with Gasteiger partial charge in [-0.05, 0) is 35.9 Å². The number of phenolic OH excluding ortho intramolecular Hbond substituents is 1. The van der Waals surface area contributed by atoms with Crippen molar-refractivity contribution in [3.63, 3.8) is 0 Å². The van der Waals surface area contributed by atoms with Crippen molar-refractivity contribution in [2.45, 2.75) is 0 Å². The van der Waals surface area contributed by atoms with E-state index in [2.05, 4.69) is 0 Å². The lowest BCUT2D eigenvalue weighted by Crippen LogP contribution is -1.97. The van der Waals surface area contributed by atoms with Crippen molar-refractivity contribution in [3.8, 4) is 11.5 Å². The quantitative estimate of drug-likeness (QED) is 0.806. The van der Waals surface area contributed by atoms with E-state index in [1.165, 1.54) is 12.1 Å². The maximum Gasteiger partial charge on any atom is 0.231 e. The topological polar surface area (TPSA) is 46.5 Å². The molecule has 19 heavy (non-hydrogen) atoms. The van der Waals surface area contributed by atoms with Gasteiger partial charge in [0.1, 0.15) is 11.5 Å². The molecule has 3 nitrogen and oxygen atoms in total. The van der Waals surface area contributed by atoms with E-state index < -0.39 is 0 Å². The molecule has 4 heteroatoms. The van der Waals surface area contributed by atoms with Crippen LogP contribution in [0.1, 0.15) is 15.9 Å². The van der Waals surface area contributed by atoms with Gasteiger partial charge in [0.15, 0.2) is 5.76 Å². The van der Waals surface area contributed by atoms with Crippen LogP contribution in [0.4, 0.5) is 0 Å². The lowest BCUT2D eigenvalue weighted by Gasteiger charge is -1.99. The van der Waals surface area contributed by atoms with Gasteiger partial charge < -0.3 is 9.84 Å². The summed E-state index contributed by atoms with van der Waals surface area (Å²) in [5.41, 5.74) is 1.28. The molecule has 0 fully saturated rings. The normalized spacial score (nSPS) is 15.4. The van der Waals surface area contributed by atoms with E-state index in [4.69, 9.17) is 16.3 Å². The number of ether oxygens (including phenoxy) is 1. The molecule has 0 radical (unpaired) electrons. The summed E-state index contributed by atoms with van der Waals surface area (Å²) in [4.78, 5) is 12.1. The molecule has 2 aromatic carbocycles. The summed E-state index contributed by atoms with van der Waals surface area (Å²) >= 11 is 5.80. The molecule has 1 aliphatic rings. The van der Waals surface area contributed by atoms with E-state index in [9.17, 15) is 9.90 Å². The molecule has 3 rings (SSSR count). The number of fused-ring (bicyclic) bond motifs is 1. The number of halogens is 1. The summed E-state index contributed by atoms with van der Waals surface area (Å²) in [6, 6.07) is 11.5. The van der Waals surface area contributed by atoms with Crippen LogP contribution in [0.2, 0.25) is 5.02 Å². The Bertz CT molecular complexity index is 687. The summed E-state index contributed by atoms with van der Waals surface area (Å²) in [7, 11) is 0. The van der Waals surface area contributed by atoms with Crippen LogP contribution in [0.5, 0.6) is 11.5 Å². The van der Waals surface area contributed by atoms with Crippen LogP contribution in [-0.2, 0) is 0 Å². The molecule has 0 aromatic heterocycles. The van der Waals surface area contributed by atoms with E-state index in [-0.39, 0.29) is 17.3 Å². The smallest absolute Gasteiger partial charge is 0.231 e. The minimum atomic E-state index is -0.190. The van der Waals surface area contributed by atoms with E-state index in [0.717, 1.165) is 5.56 Å². The molecule has 0 spiro atoms. The third kappa shape index (κ3) is 2.20. The number of benzene rings is 2. The molecule has 94 valence electrons. The zero-order chi connectivity index (χ0) is 13.4. The minimum Gasteiger partial charge on any atom is -0.508 e.